The Balaban J connectivity index is 2.84. The average molecular weight is 1320 g/mol. The molecule has 0 aromatic heterocycles. The van der Waals surface area contributed by atoms with Crippen LogP contribution in [0, 0.1) is 5.92 Å². The van der Waals surface area contributed by atoms with Crippen LogP contribution in [0.2, 0.25) is 0 Å². The first kappa shape index (κ1) is 81.1. The van der Waals surface area contributed by atoms with Gasteiger partial charge in [0, 0.05) is 32.4 Å². The van der Waals surface area contributed by atoms with E-state index in [1.807, 2.05) is 6.92 Å². The zero-order valence-corrected chi connectivity index (χ0v) is 54.1. The van der Waals surface area contributed by atoms with Crippen LogP contribution in [0.4, 0.5) is 0 Å². The van der Waals surface area contributed by atoms with Gasteiger partial charge in [0.05, 0.1) is 18.2 Å². The van der Waals surface area contributed by atoms with Crippen LogP contribution in [0.15, 0.2) is 30.3 Å². The highest BCUT2D eigenvalue weighted by Crippen LogP contribution is 2.12. The SMILES string of the molecule is CCCCCCCC(=O)N[C@@H](CCN)C(=O)N[C@H](C(=O)N[C@@H](CCN)C(=O)N[C@H]1CCNC(=O)[C@H]([C@@H](C)O)NC(=O)[C@H](CCN)NC(=O)[C@H](CCN)NC(=O)[C@H](CC(C)C)NC(=O)[C@@H](Cc2ccccc2)NC(=O)[C@H](CCNC(=O)[C@@H](N)CCC(=O)O)NC1=O)[C@@H](C)O. The Morgan fingerprint density at radius 2 is 1.10 bits per heavy atom. The third-order valence-electron chi connectivity index (χ3n) is 15.0. The molecular weight excluding hydrogens is 1210 g/mol. The smallest absolute Gasteiger partial charge is 0.303 e. The van der Waals surface area contributed by atoms with Gasteiger partial charge in [-0.3, -0.25) is 62.3 Å². The number of aliphatic hydroxyl groups excluding tert-OH is 2. The number of nitrogens with two attached hydrogens (primary N) is 5. The van der Waals surface area contributed by atoms with Gasteiger partial charge in [-0.05, 0) is 109 Å². The number of carboxylic acid groups (broad SMARTS) is 1. The number of rotatable bonds is 34. The van der Waals surface area contributed by atoms with E-state index in [9.17, 15) is 77.6 Å². The summed E-state index contributed by atoms with van der Waals surface area (Å²) in [5.41, 5.74) is 29.9. The third-order valence-corrected chi connectivity index (χ3v) is 15.0. The van der Waals surface area contributed by atoms with E-state index in [1.165, 1.54) is 6.92 Å². The second kappa shape index (κ2) is 43.8. The maximum absolute atomic E-state index is 14.9. The number of hydrogen-bond acceptors (Lipinski definition) is 20. The number of amides is 12. The summed E-state index contributed by atoms with van der Waals surface area (Å²) >= 11 is 0. The Hall–Kier alpha value is -7.95. The quantitative estimate of drug-likeness (QED) is 0.0286. The number of benzene rings is 1. The van der Waals surface area contributed by atoms with Crippen molar-refractivity contribution < 1.29 is 77.6 Å². The topological polar surface area (TPSA) is 557 Å². The van der Waals surface area contributed by atoms with Gasteiger partial charge in [-0.1, -0.05) is 76.8 Å². The molecule has 33 nitrogen and oxygen atoms in total. The minimum Gasteiger partial charge on any atom is -0.481 e. The van der Waals surface area contributed by atoms with Crippen molar-refractivity contribution in [2.75, 3.05) is 39.3 Å². The summed E-state index contributed by atoms with van der Waals surface area (Å²) in [5.74, 6) is -12.9. The lowest BCUT2D eigenvalue weighted by atomic mass is 10.00. The Kier molecular flexibility index (Phi) is 38.2. The van der Waals surface area contributed by atoms with E-state index in [0.29, 0.717) is 12.0 Å². The van der Waals surface area contributed by atoms with Gasteiger partial charge < -0.3 is 108 Å². The molecule has 1 saturated heterocycles. The van der Waals surface area contributed by atoms with E-state index in [0.717, 1.165) is 32.6 Å². The van der Waals surface area contributed by atoms with E-state index in [1.54, 1.807) is 44.2 Å². The van der Waals surface area contributed by atoms with Crippen molar-refractivity contribution in [3.8, 4) is 0 Å². The zero-order valence-electron chi connectivity index (χ0n) is 54.1. The van der Waals surface area contributed by atoms with Gasteiger partial charge in [0.2, 0.25) is 70.9 Å². The first-order chi connectivity index (χ1) is 44.1. The predicted octanol–water partition coefficient (Wildman–Crippen LogP) is -6.14. The Morgan fingerprint density at radius 1 is 0.570 bits per heavy atom. The standard InChI is InChI=1S/C60H103N17O16/c1-6-7-8-9-13-16-46(80)68-38(19-25-61)55(88)77-49(35(5)79)60(93)73-40(21-27-63)52(85)71-42-24-30-67-59(92)48(34(4)78)76-56(89)41(22-28-64)69-51(84)39(20-26-62)70-57(90)44(31-33(2)3)74-58(91)45(32-36-14-11-10-12-15-36)75-54(87)43(72-53(42)86)23-29-66-50(83)37(65)17-18-47(81)82/h10-12,14-15,33-35,37-45,48-49,78-79H,6-9,13,16-32,61-65H2,1-5H3,(H,66,83)(H,67,92)(H,68,80)(H,69,84)(H,70,90)(H,71,85)(H,72,86)(H,73,93)(H,74,91)(H,75,87)(H,76,89)(H,77,88)(H,81,82)/t34-,35-,37+,38+,39+,40+,41+,42+,43+,44+,45-,48+,49+/m1/s1. The molecule has 33 heteroatoms. The Bertz CT molecular complexity index is 2600. The molecule has 93 heavy (non-hydrogen) atoms. The van der Waals surface area contributed by atoms with E-state index in [-0.39, 0.29) is 83.5 Å². The summed E-state index contributed by atoms with van der Waals surface area (Å²) in [6, 6.07) is -8.75. The van der Waals surface area contributed by atoms with Gasteiger partial charge in [-0.25, -0.2) is 0 Å². The molecule has 25 N–H and O–H groups in total. The zero-order chi connectivity index (χ0) is 69.7. The van der Waals surface area contributed by atoms with Crippen LogP contribution in [0.25, 0.3) is 0 Å². The molecule has 1 aliphatic heterocycles. The lowest BCUT2D eigenvalue weighted by Gasteiger charge is -2.29. The first-order valence-corrected chi connectivity index (χ1v) is 31.9. The molecule has 2 rings (SSSR count). The number of hydrogen-bond donors (Lipinski definition) is 20. The van der Waals surface area contributed by atoms with Crippen LogP contribution >= 0.6 is 0 Å². The number of carbonyl (C=O) groups excluding carboxylic acids is 12. The maximum Gasteiger partial charge on any atom is 0.303 e. The van der Waals surface area contributed by atoms with Crippen LogP contribution in [-0.2, 0) is 68.7 Å². The fourth-order valence-electron chi connectivity index (χ4n) is 9.74. The number of carbonyl (C=O) groups is 13. The van der Waals surface area contributed by atoms with E-state index < -0.39 is 188 Å². The summed E-state index contributed by atoms with van der Waals surface area (Å²) in [6.45, 7) is 6.23. The molecule has 524 valence electrons. The summed E-state index contributed by atoms with van der Waals surface area (Å²) in [4.78, 5) is 180. The van der Waals surface area contributed by atoms with Gasteiger partial charge in [-0.15, -0.1) is 0 Å². The first-order valence-electron chi connectivity index (χ1n) is 31.9. The second-order valence-corrected chi connectivity index (χ2v) is 23.5. The fourth-order valence-corrected chi connectivity index (χ4v) is 9.74. The average Bonchev–Trinajstić information content (AvgIpc) is 1.27. The van der Waals surface area contributed by atoms with Gasteiger partial charge in [0.25, 0.3) is 0 Å². The van der Waals surface area contributed by atoms with Crippen molar-refractivity contribution in [3.63, 3.8) is 0 Å². The fraction of sp³-hybridized carbons (Fsp3) is 0.683. The molecule has 0 saturated carbocycles. The van der Waals surface area contributed by atoms with Crippen molar-refractivity contribution in [1.82, 2.24) is 63.8 Å². The van der Waals surface area contributed by atoms with Crippen LogP contribution in [0.3, 0.4) is 0 Å². The van der Waals surface area contributed by atoms with Crippen molar-refractivity contribution in [1.29, 1.82) is 0 Å². The molecule has 1 fully saturated rings. The molecule has 13 atom stereocenters. The number of aliphatic hydroxyl groups is 2. The normalized spacial score (nSPS) is 21.8. The summed E-state index contributed by atoms with van der Waals surface area (Å²) in [7, 11) is 0. The van der Waals surface area contributed by atoms with Crippen LogP contribution in [-0.4, -0.2) is 210 Å². The summed E-state index contributed by atoms with van der Waals surface area (Å²) in [5, 5.41) is 61.2. The predicted molar refractivity (Wildman–Crippen MR) is 340 cm³/mol. The molecule has 1 aromatic carbocycles. The highest BCUT2D eigenvalue weighted by Gasteiger charge is 2.38. The highest BCUT2D eigenvalue weighted by molar-refractivity contribution is 5.99. The van der Waals surface area contributed by atoms with Crippen LogP contribution in [0.1, 0.15) is 136 Å². The monoisotopic (exact) mass is 1320 g/mol. The van der Waals surface area contributed by atoms with Gasteiger partial charge >= 0.3 is 5.97 Å². The number of carboxylic acids is 1. The van der Waals surface area contributed by atoms with Crippen molar-refractivity contribution >= 4 is 76.9 Å². The Labute approximate surface area is 542 Å². The third kappa shape index (κ3) is 30.6. The second-order valence-electron chi connectivity index (χ2n) is 23.5. The molecule has 1 aromatic rings. The molecule has 0 spiro atoms. The molecule has 1 heterocycles. The highest BCUT2D eigenvalue weighted by atomic mass is 16.4. The summed E-state index contributed by atoms with van der Waals surface area (Å²) < 4.78 is 0. The molecule has 0 aliphatic carbocycles. The molecular formula is C60H103N17O16. The van der Waals surface area contributed by atoms with Crippen LogP contribution < -0.4 is 92.5 Å². The van der Waals surface area contributed by atoms with E-state index in [4.69, 9.17) is 28.7 Å². The molecule has 0 radical (unpaired) electrons. The molecule has 12 amide bonds. The Morgan fingerprint density at radius 3 is 1.65 bits per heavy atom. The number of nitrogens with one attached hydrogen (secondary N) is 12. The van der Waals surface area contributed by atoms with Crippen molar-refractivity contribution in [2.45, 2.75) is 216 Å². The van der Waals surface area contributed by atoms with E-state index >= 15 is 0 Å². The lowest BCUT2D eigenvalue weighted by Crippen LogP contribution is -2.62. The van der Waals surface area contributed by atoms with Gasteiger partial charge in [0.1, 0.15) is 60.4 Å². The lowest BCUT2D eigenvalue weighted by molar-refractivity contribution is -0.137. The minimum atomic E-state index is -1.81. The molecule has 0 unspecified atom stereocenters. The molecule has 0 bridgehead atoms. The number of unbranched alkanes of at least 4 members (excludes halogenated alkanes) is 4. The van der Waals surface area contributed by atoms with Crippen LogP contribution in [0.5, 0.6) is 0 Å². The van der Waals surface area contributed by atoms with Gasteiger partial charge in [0.15, 0.2) is 0 Å². The largest absolute Gasteiger partial charge is 0.481 e. The van der Waals surface area contributed by atoms with E-state index in [2.05, 4.69) is 63.8 Å². The minimum absolute atomic E-state index is 0.0227. The van der Waals surface area contributed by atoms with Crippen molar-refractivity contribution in [3.05, 3.63) is 35.9 Å². The summed E-state index contributed by atoms with van der Waals surface area (Å²) in [6.07, 6.45) is -1.70. The molecule has 1 aliphatic rings. The van der Waals surface area contributed by atoms with Gasteiger partial charge in [-0.2, -0.15) is 0 Å². The maximum atomic E-state index is 14.9. The van der Waals surface area contributed by atoms with Crippen molar-refractivity contribution in [2.24, 2.45) is 34.6 Å². The number of aliphatic carboxylic acids is 1.